The van der Waals surface area contributed by atoms with Gasteiger partial charge in [-0.3, -0.25) is 24.0 Å². The maximum Gasteiger partial charge on any atom is 0.504 e. The van der Waals surface area contributed by atoms with Crippen molar-refractivity contribution < 1.29 is 68.3 Å². The van der Waals surface area contributed by atoms with Crippen LogP contribution in [0, 0.1) is 6.92 Å². The summed E-state index contributed by atoms with van der Waals surface area (Å²) in [6.45, 7) is -1.76. The van der Waals surface area contributed by atoms with E-state index in [-0.39, 0.29) is 91.1 Å². The molecule has 0 fully saturated rings. The third kappa shape index (κ3) is 9.46. The third-order valence-corrected chi connectivity index (χ3v) is 8.69. The highest BCUT2D eigenvalue weighted by atomic mass is 35.5. The number of hydrogen-bond acceptors (Lipinski definition) is 13. The number of ether oxygens (including phenoxy) is 2. The fourth-order valence-corrected chi connectivity index (χ4v) is 6.22. The zero-order valence-electron chi connectivity index (χ0n) is 29.2. The van der Waals surface area contributed by atoms with Crippen LogP contribution in [0.25, 0.3) is 33.4 Å². The number of carbonyl (C=O) groups is 4. The third-order valence-electron chi connectivity index (χ3n) is 8.09. The average molecular weight is 813 g/mol. The molecule has 0 amide bonds. The zero-order valence-corrected chi connectivity index (χ0v) is 30.7. The van der Waals surface area contributed by atoms with E-state index in [4.69, 9.17) is 41.7 Å². The lowest BCUT2D eigenvalue weighted by atomic mass is 9.92. The number of anilines is 2. The number of phenols is 1. The van der Waals surface area contributed by atoms with Gasteiger partial charge in [0.1, 0.15) is 73.7 Å². The minimum absolute atomic E-state index is 0.0192. The predicted octanol–water partition coefficient (Wildman–Crippen LogP) is 3.93. The van der Waals surface area contributed by atoms with Gasteiger partial charge in [-0.25, -0.2) is 0 Å². The summed E-state index contributed by atoms with van der Waals surface area (Å²) in [5.41, 5.74) is 0.848. The van der Waals surface area contributed by atoms with Gasteiger partial charge in [-0.2, -0.15) is 0 Å². The first kappa shape index (κ1) is 40.8. The Morgan fingerprint density at radius 3 is 1.86 bits per heavy atom. The number of aliphatic carboxylic acids is 4. The molecule has 0 aromatic heterocycles. The van der Waals surface area contributed by atoms with Crippen LogP contribution in [0.5, 0.6) is 23.0 Å². The number of benzene rings is 4. The summed E-state index contributed by atoms with van der Waals surface area (Å²) in [7, 11) is -0.905. The number of phenolic OH excluding ortho intramolecular Hbond substituents is 1. The van der Waals surface area contributed by atoms with Crippen molar-refractivity contribution in [2.75, 3.05) is 49.2 Å². The molecule has 6 N–H and O–H groups in total. The SMILES string of the molecule is Cc1ccc(N(CC(=O)O)CC(=O)O)c(OCCOc2cc(-c3c4cc(Cl)c(=O)cc-4oc4cc(O)c(Cl)cc34)c(OBO)cc2N(CC(=O)O)CC(=O)O)c1. The monoisotopic (exact) mass is 812 g/mol. The summed E-state index contributed by atoms with van der Waals surface area (Å²) in [6, 6.07) is 12.3. The number of fused-ring (bicyclic) bond motifs is 2. The minimum Gasteiger partial charge on any atom is -0.538 e. The number of rotatable bonds is 18. The van der Waals surface area contributed by atoms with Gasteiger partial charge in [-0.15, -0.1) is 0 Å². The van der Waals surface area contributed by atoms with Crippen molar-refractivity contribution in [1.82, 2.24) is 0 Å². The Hall–Kier alpha value is -6.37. The summed E-state index contributed by atoms with van der Waals surface area (Å²) in [5, 5.41) is 58.6. The van der Waals surface area contributed by atoms with Gasteiger partial charge in [-0.05, 0) is 42.8 Å². The van der Waals surface area contributed by atoms with Crippen LogP contribution in [0.1, 0.15) is 5.56 Å². The van der Waals surface area contributed by atoms with Gasteiger partial charge in [0.2, 0.25) is 5.43 Å². The van der Waals surface area contributed by atoms with E-state index >= 15 is 0 Å². The number of aryl methyl sites for hydroxylation is 1. The van der Waals surface area contributed by atoms with Crippen LogP contribution < -0.4 is 29.4 Å². The first-order valence-electron chi connectivity index (χ1n) is 16.3. The second-order valence-electron chi connectivity index (χ2n) is 12.1. The molecule has 1 heterocycles. The lowest BCUT2D eigenvalue weighted by molar-refractivity contribution is -0.138. The number of carboxylic acid groups (broad SMARTS) is 4. The van der Waals surface area contributed by atoms with Gasteiger partial charge in [0.05, 0.1) is 21.4 Å². The number of hydrogen-bond donors (Lipinski definition) is 6. The van der Waals surface area contributed by atoms with Gasteiger partial charge in [0.25, 0.3) is 0 Å². The van der Waals surface area contributed by atoms with E-state index in [0.29, 0.717) is 5.56 Å². The largest absolute Gasteiger partial charge is 0.538 e. The average Bonchev–Trinajstić information content (AvgIpc) is 3.10. The Morgan fingerprint density at radius 2 is 1.29 bits per heavy atom. The van der Waals surface area contributed by atoms with Crippen LogP contribution in [0.4, 0.5) is 11.4 Å². The highest BCUT2D eigenvalue weighted by Gasteiger charge is 2.27. The predicted molar refractivity (Wildman–Crippen MR) is 203 cm³/mol. The highest BCUT2D eigenvalue weighted by Crippen LogP contribution is 2.49. The second-order valence-corrected chi connectivity index (χ2v) is 12.9. The van der Waals surface area contributed by atoms with Crippen LogP contribution in [-0.4, -0.2) is 102 Å². The Bertz CT molecular complexity index is 2340. The lowest BCUT2D eigenvalue weighted by Gasteiger charge is -2.27. The van der Waals surface area contributed by atoms with E-state index in [2.05, 4.69) is 0 Å². The topological polar surface area (TPSA) is 254 Å². The fourth-order valence-electron chi connectivity index (χ4n) is 5.89. The van der Waals surface area contributed by atoms with Crippen molar-refractivity contribution in [3.8, 4) is 45.4 Å². The van der Waals surface area contributed by atoms with Crippen LogP contribution in [0.3, 0.4) is 0 Å². The highest BCUT2D eigenvalue weighted by molar-refractivity contribution is 6.33. The van der Waals surface area contributed by atoms with Crippen molar-refractivity contribution in [2.45, 2.75) is 6.92 Å². The molecule has 20 heteroatoms. The maximum atomic E-state index is 12.6. The molecule has 17 nitrogen and oxygen atoms in total. The lowest BCUT2D eigenvalue weighted by Crippen LogP contribution is -2.35. The first-order chi connectivity index (χ1) is 26.6. The molecule has 0 spiro atoms. The van der Waals surface area contributed by atoms with E-state index in [1.165, 1.54) is 36.4 Å². The Morgan fingerprint density at radius 1 is 0.714 bits per heavy atom. The number of nitrogens with zero attached hydrogens (tertiary/aromatic N) is 2. The minimum atomic E-state index is -1.40. The molecule has 1 aliphatic heterocycles. The Kier molecular flexibility index (Phi) is 12.7. The van der Waals surface area contributed by atoms with Crippen molar-refractivity contribution >= 4 is 77.1 Å². The van der Waals surface area contributed by atoms with Crippen molar-refractivity contribution in [2.24, 2.45) is 0 Å². The van der Waals surface area contributed by atoms with E-state index in [9.17, 15) is 54.5 Å². The van der Waals surface area contributed by atoms with Gasteiger partial charge in [-0.1, -0.05) is 29.3 Å². The van der Waals surface area contributed by atoms with Gasteiger partial charge in [0, 0.05) is 40.3 Å². The molecule has 0 bridgehead atoms. The van der Waals surface area contributed by atoms with Gasteiger partial charge < -0.3 is 58.9 Å². The quantitative estimate of drug-likeness (QED) is 0.0416. The summed E-state index contributed by atoms with van der Waals surface area (Å²) >= 11 is 12.6. The number of aromatic hydroxyl groups is 1. The molecule has 0 unspecified atom stereocenters. The molecule has 1 aliphatic carbocycles. The molecule has 5 rings (SSSR count). The molecular weight excluding hydrogens is 782 g/mol. The van der Waals surface area contributed by atoms with Crippen molar-refractivity contribution in [3.05, 3.63) is 80.4 Å². The van der Waals surface area contributed by atoms with Gasteiger partial charge in [0.15, 0.2) is 0 Å². The van der Waals surface area contributed by atoms with Gasteiger partial charge >= 0.3 is 31.6 Å². The van der Waals surface area contributed by atoms with E-state index in [1.54, 1.807) is 19.1 Å². The molecule has 292 valence electrons. The molecule has 3 aromatic carbocycles. The summed E-state index contributed by atoms with van der Waals surface area (Å²) < 4.78 is 23.6. The molecular formula is C36H31BCl2N2O15. The first-order valence-corrected chi connectivity index (χ1v) is 17.1. The van der Waals surface area contributed by atoms with Crippen LogP contribution >= 0.6 is 23.2 Å². The van der Waals surface area contributed by atoms with E-state index in [0.717, 1.165) is 15.9 Å². The van der Waals surface area contributed by atoms with Crippen LogP contribution in [-0.2, 0) is 19.2 Å². The second kappa shape index (κ2) is 17.4. The summed E-state index contributed by atoms with van der Waals surface area (Å²) in [6.07, 6.45) is 0. The van der Waals surface area contributed by atoms with Crippen molar-refractivity contribution in [3.63, 3.8) is 0 Å². The molecule has 0 radical (unpaired) electrons. The molecule has 3 aromatic rings. The molecule has 56 heavy (non-hydrogen) atoms. The maximum absolute atomic E-state index is 12.6. The standard InChI is InChI=1S/C36H31BCl2N2O15/c1-17-2-3-23(40(13-32(44)45)14-33(46)47)30(6-17)53-4-5-54-31-9-20(29(56-37-52)10-24(31)41(15-34(48)49)16-35(50)51)36-18-7-21(38)25(42)11-27(18)55-28-12-26(43)22(39)8-19(28)36/h2-3,6-12,37,42,52H,4-5,13-16H2,1H3,(H,44,45)(H,46,47)(H,48,49)(H,50,51). The van der Waals surface area contributed by atoms with E-state index in [1.807, 2.05) is 0 Å². The fraction of sp³-hybridized carbons (Fsp3) is 0.194. The smallest absolute Gasteiger partial charge is 0.504 e. The Balaban J connectivity index is 1.66. The molecule has 2 aliphatic rings. The van der Waals surface area contributed by atoms with Crippen molar-refractivity contribution in [1.29, 1.82) is 0 Å². The van der Waals surface area contributed by atoms with Crippen LogP contribution in [0.2, 0.25) is 10.0 Å². The number of carboxylic acids is 4. The molecule has 0 saturated heterocycles. The summed E-state index contributed by atoms with van der Waals surface area (Å²) in [5.74, 6) is -5.79. The summed E-state index contributed by atoms with van der Waals surface area (Å²) in [4.78, 5) is 61.6. The van der Waals surface area contributed by atoms with Crippen LogP contribution in [0.15, 0.2) is 63.8 Å². The molecule has 0 atom stereocenters. The zero-order chi connectivity index (χ0) is 40.8. The normalized spacial score (nSPS) is 10.9. The molecule has 0 saturated carbocycles. The Labute approximate surface area is 326 Å². The number of halogens is 2. The van der Waals surface area contributed by atoms with E-state index < -0.39 is 63.2 Å².